The fourth-order valence-corrected chi connectivity index (χ4v) is 1.94. The Hall–Kier alpha value is -1.80. The van der Waals surface area contributed by atoms with Crippen LogP contribution in [0, 0.1) is 0 Å². The number of hydrogen-bond acceptors (Lipinski definition) is 2. The third-order valence-electron chi connectivity index (χ3n) is 2.90. The summed E-state index contributed by atoms with van der Waals surface area (Å²) in [7, 11) is 0. The van der Waals surface area contributed by atoms with Crippen LogP contribution in [0.1, 0.15) is 18.6 Å². The van der Waals surface area contributed by atoms with Crippen LogP contribution in [0.3, 0.4) is 0 Å². The zero-order valence-electron chi connectivity index (χ0n) is 10.7. The van der Waals surface area contributed by atoms with Crippen molar-refractivity contribution in [3.63, 3.8) is 0 Å². The molecule has 0 aliphatic rings. The first-order valence-corrected chi connectivity index (χ1v) is 6.65. The van der Waals surface area contributed by atoms with Gasteiger partial charge in [0.15, 0.2) is 0 Å². The Morgan fingerprint density at radius 1 is 1.05 bits per heavy atom. The molecule has 3 heteroatoms. The molecular formula is C16H15ClO2. The van der Waals surface area contributed by atoms with Crippen molar-refractivity contribution in [2.45, 2.75) is 13.0 Å². The number of carbonyl (C=O) groups excluding carboxylic acids is 1. The molecule has 0 saturated carbocycles. The molecule has 0 fully saturated rings. The van der Waals surface area contributed by atoms with E-state index in [0.717, 1.165) is 11.1 Å². The van der Waals surface area contributed by atoms with Gasteiger partial charge in [-0.3, -0.25) is 4.79 Å². The second-order valence-corrected chi connectivity index (χ2v) is 4.52. The Labute approximate surface area is 118 Å². The predicted octanol–water partition coefficient (Wildman–Crippen LogP) is 4.20. The molecule has 0 spiro atoms. The quantitative estimate of drug-likeness (QED) is 0.617. The Bertz CT molecular complexity index is 534. The molecule has 2 aromatic carbocycles. The molecule has 0 saturated heterocycles. The number of carbonyl (C=O) groups is 1. The maximum absolute atomic E-state index is 11.1. The van der Waals surface area contributed by atoms with E-state index < -0.39 is 5.97 Å². The van der Waals surface area contributed by atoms with E-state index >= 15 is 0 Å². The molecule has 98 valence electrons. The van der Waals surface area contributed by atoms with Gasteiger partial charge in [0.25, 0.3) is 0 Å². The lowest BCUT2D eigenvalue weighted by atomic mass is 10.0. The Balaban J connectivity index is 2.12. The van der Waals surface area contributed by atoms with Crippen LogP contribution >= 0.6 is 11.6 Å². The minimum atomic E-state index is -0.402. The van der Waals surface area contributed by atoms with Crippen LogP contribution in [0.5, 0.6) is 0 Å². The fourth-order valence-electron chi connectivity index (χ4n) is 1.87. The van der Waals surface area contributed by atoms with E-state index in [-0.39, 0.29) is 12.0 Å². The van der Waals surface area contributed by atoms with Crippen molar-refractivity contribution in [1.82, 2.24) is 0 Å². The van der Waals surface area contributed by atoms with Crippen LogP contribution in [0.4, 0.5) is 0 Å². The number of benzene rings is 2. The standard InChI is InChI=1S/C16H15ClO2/c1-12(19-16(18)11-17)13-7-9-15(10-8-13)14-5-3-2-4-6-14/h2-10,12H,11H2,1H3. The summed E-state index contributed by atoms with van der Waals surface area (Å²) >= 11 is 5.41. The maximum Gasteiger partial charge on any atom is 0.321 e. The molecule has 0 N–H and O–H groups in total. The first kappa shape index (κ1) is 13.6. The molecule has 0 bridgehead atoms. The Kier molecular flexibility index (Phi) is 4.58. The van der Waals surface area contributed by atoms with Gasteiger partial charge >= 0.3 is 5.97 Å². The van der Waals surface area contributed by atoms with E-state index in [4.69, 9.17) is 16.3 Å². The smallest absolute Gasteiger partial charge is 0.321 e. The minimum absolute atomic E-state index is 0.119. The van der Waals surface area contributed by atoms with Crippen LogP contribution < -0.4 is 0 Å². The van der Waals surface area contributed by atoms with Gasteiger partial charge in [0, 0.05) is 0 Å². The molecule has 2 nitrogen and oxygen atoms in total. The Morgan fingerprint density at radius 2 is 1.63 bits per heavy atom. The summed E-state index contributed by atoms with van der Waals surface area (Å²) in [5, 5.41) is 0. The summed E-state index contributed by atoms with van der Waals surface area (Å²) in [6, 6.07) is 18.1. The monoisotopic (exact) mass is 274 g/mol. The van der Waals surface area contributed by atoms with Crippen molar-refractivity contribution in [2.75, 3.05) is 5.88 Å². The average Bonchev–Trinajstić information content (AvgIpc) is 2.48. The lowest BCUT2D eigenvalue weighted by molar-refractivity contribution is -0.145. The molecule has 0 aliphatic heterocycles. The van der Waals surface area contributed by atoms with Crippen LogP contribution in [0.2, 0.25) is 0 Å². The van der Waals surface area contributed by atoms with Gasteiger partial charge in [0.05, 0.1) is 0 Å². The predicted molar refractivity (Wildman–Crippen MR) is 77.1 cm³/mol. The molecule has 1 unspecified atom stereocenters. The highest BCUT2D eigenvalue weighted by molar-refractivity contribution is 6.26. The van der Waals surface area contributed by atoms with Crippen molar-refractivity contribution < 1.29 is 9.53 Å². The van der Waals surface area contributed by atoms with Crippen LogP contribution in [0.15, 0.2) is 54.6 Å². The van der Waals surface area contributed by atoms with Gasteiger partial charge < -0.3 is 4.74 Å². The van der Waals surface area contributed by atoms with Gasteiger partial charge in [-0.05, 0) is 23.6 Å². The Morgan fingerprint density at radius 3 is 2.21 bits per heavy atom. The van der Waals surface area contributed by atoms with Gasteiger partial charge in [-0.15, -0.1) is 11.6 Å². The number of esters is 1. The number of hydrogen-bond donors (Lipinski definition) is 0. The molecule has 0 amide bonds. The van der Waals surface area contributed by atoms with Gasteiger partial charge in [-0.25, -0.2) is 0 Å². The average molecular weight is 275 g/mol. The molecule has 19 heavy (non-hydrogen) atoms. The summed E-state index contributed by atoms with van der Waals surface area (Å²) in [5.41, 5.74) is 3.26. The molecule has 1 atom stereocenters. The molecular weight excluding hydrogens is 260 g/mol. The number of rotatable bonds is 4. The third-order valence-corrected chi connectivity index (χ3v) is 3.12. The first-order valence-electron chi connectivity index (χ1n) is 6.11. The van der Waals surface area contributed by atoms with Crippen molar-refractivity contribution in [1.29, 1.82) is 0 Å². The number of alkyl halides is 1. The highest BCUT2D eigenvalue weighted by Gasteiger charge is 2.10. The van der Waals surface area contributed by atoms with Crippen molar-refractivity contribution in [2.24, 2.45) is 0 Å². The molecule has 0 heterocycles. The summed E-state index contributed by atoms with van der Waals surface area (Å²) in [5.74, 6) is -0.520. The summed E-state index contributed by atoms with van der Waals surface area (Å²) in [6.07, 6.45) is -0.281. The largest absolute Gasteiger partial charge is 0.457 e. The van der Waals surface area contributed by atoms with Gasteiger partial charge in [-0.2, -0.15) is 0 Å². The normalized spacial score (nSPS) is 11.9. The van der Waals surface area contributed by atoms with Gasteiger partial charge in [0.1, 0.15) is 12.0 Å². The number of ether oxygens (including phenoxy) is 1. The van der Waals surface area contributed by atoms with Gasteiger partial charge in [0.2, 0.25) is 0 Å². The van der Waals surface area contributed by atoms with Crippen molar-refractivity contribution >= 4 is 17.6 Å². The topological polar surface area (TPSA) is 26.3 Å². The minimum Gasteiger partial charge on any atom is -0.457 e. The van der Waals surface area contributed by atoms with E-state index in [1.807, 2.05) is 49.4 Å². The van der Waals surface area contributed by atoms with E-state index in [1.165, 1.54) is 5.56 Å². The maximum atomic E-state index is 11.1. The lowest BCUT2D eigenvalue weighted by Gasteiger charge is -2.13. The first-order chi connectivity index (χ1) is 9.20. The highest BCUT2D eigenvalue weighted by Crippen LogP contribution is 2.23. The summed E-state index contributed by atoms with van der Waals surface area (Å²) in [4.78, 5) is 11.1. The van der Waals surface area contributed by atoms with E-state index in [2.05, 4.69) is 12.1 Å². The van der Waals surface area contributed by atoms with Gasteiger partial charge in [-0.1, -0.05) is 54.6 Å². The number of halogens is 1. The zero-order chi connectivity index (χ0) is 13.7. The second kappa shape index (κ2) is 6.39. The van der Waals surface area contributed by atoms with Crippen LogP contribution in [-0.4, -0.2) is 11.8 Å². The lowest BCUT2D eigenvalue weighted by Crippen LogP contribution is -2.09. The van der Waals surface area contributed by atoms with Crippen molar-refractivity contribution in [3.8, 4) is 11.1 Å². The molecule has 2 rings (SSSR count). The SMILES string of the molecule is CC(OC(=O)CCl)c1ccc(-c2ccccc2)cc1. The molecule has 0 aliphatic carbocycles. The molecule has 0 aromatic heterocycles. The molecule has 2 aromatic rings. The zero-order valence-corrected chi connectivity index (χ0v) is 11.4. The molecule has 0 radical (unpaired) electrons. The summed E-state index contributed by atoms with van der Waals surface area (Å²) < 4.78 is 5.16. The van der Waals surface area contributed by atoms with E-state index in [0.29, 0.717) is 0 Å². The summed E-state index contributed by atoms with van der Waals surface area (Å²) in [6.45, 7) is 1.84. The highest BCUT2D eigenvalue weighted by atomic mass is 35.5. The van der Waals surface area contributed by atoms with E-state index in [9.17, 15) is 4.79 Å². The van der Waals surface area contributed by atoms with Crippen LogP contribution in [-0.2, 0) is 9.53 Å². The van der Waals surface area contributed by atoms with Crippen LogP contribution in [0.25, 0.3) is 11.1 Å². The van der Waals surface area contributed by atoms with Crippen molar-refractivity contribution in [3.05, 3.63) is 60.2 Å². The third kappa shape index (κ3) is 3.58. The second-order valence-electron chi connectivity index (χ2n) is 4.25. The van der Waals surface area contributed by atoms with E-state index in [1.54, 1.807) is 0 Å². The fraction of sp³-hybridized carbons (Fsp3) is 0.188.